The van der Waals surface area contributed by atoms with Crippen molar-refractivity contribution in [2.45, 2.75) is 12.2 Å². The van der Waals surface area contributed by atoms with Gasteiger partial charge in [-0.1, -0.05) is 18.2 Å². The molecule has 0 bridgehead atoms. The van der Waals surface area contributed by atoms with E-state index in [4.69, 9.17) is 4.74 Å². The molecule has 0 aliphatic carbocycles. The molecule has 1 aliphatic heterocycles. The van der Waals surface area contributed by atoms with E-state index in [-0.39, 0.29) is 0 Å². The summed E-state index contributed by atoms with van der Waals surface area (Å²) < 4.78 is 44.1. The highest BCUT2D eigenvalue weighted by atomic mass is 19.4. The molecule has 2 heterocycles. The van der Waals surface area contributed by atoms with Gasteiger partial charge in [-0.2, -0.15) is 18.4 Å². The van der Waals surface area contributed by atoms with Gasteiger partial charge in [-0.25, -0.2) is 0 Å². The first-order chi connectivity index (χ1) is 14.3. The Kier molecular flexibility index (Phi) is 4.54. The number of pyridine rings is 1. The predicted molar refractivity (Wildman–Crippen MR) is 99.0 cm³/mol. The fourth-order valence-corrected chi connectivity index (χ4v) is 3.22. The second-order valence-electron chi connectivity index (χ2n) is 6.52. The Hall–Kier alpha value is -4.06. The largest absolute Gasteiger partial charge is 0.457 e. The summed E-state index contributed by atoms with van der Waals surface area (Å²) in [5, 5.41) is 11.9. The lowest BCUT2D eigenvalue weighted by molar-refractivity contribution is -0.141. The molecule has 6 nitrogen and oxygen atoms in total. The molecule has 1 aromatic heterocycles. The number of nitrogens with one attached hydrogen (secondary N) is 2. The lowest BCUT2D eigenvalue weighted by Gasteiger charge is -2.29. The van der Waals surface area contributed by atoms with Crippen LogP contribution in [0.3, 0.4) is 0 Å². The van der Waals surface area contributed by atoms with E-state index in [9.17, 15) is 28.0 Å². The van der Waals surface area contributed by atoms with Crippen LogP contribution in [0.25, 0.3) is 0 Å². The van der Waals surface area contributed by atoms with Crippen molar-refractivity contribution < 1.29 is 22.7 Å². The van der Waals surface area contributed by atoms with E-state index < -0.39 is 34.9 Å². The summed E-state index contributed by atoms with van der Waals surface area (Å²) in [4.78, 5) is 26.5. The van der Waals surface area contributed by atoms with Crippen LogP contribution < -0.4 is 15.6 Å². The first kappa shape index (κ1) is 19.3. The fraction of sp³-hybridized carbons (Fsp3) is 0.0952. The van der Waals surface area contributed by atoms with E-state index in [1.807, 2.05) is 6.07 Å². The first-order valence-electron chi connectivity index (χ1n) is 8.70. The molecule has 150 valence electrons. The van der Waals surface area contributed by atoms with Gasteiger partial charge in [0, 0.05) is 11.1 Å². The summed E-state index contributed by atoms with van der Waals surface area (Å²) in [5.41, 5.74) is -1.47. The van der Waals surface area contributed by atoms with Crippen LogP contribution in [0, 0.1) is 11.3 Å². The lowest BCUT2D eigenvalue weighted by Crippen LogP contribution is -2.35. The van der Waals surface area contributed by atoms with E-state index in [0.717, 1.165) is 6.07 Å². The molecule has 9 heteroatoms. The summed E-state index contributed by atoms with van der Waals surface area (Å²) in [5.74, 6) is 0.0284. The topological polar surface area (TPSA) is 95.0 Å². The monoisotopic (exact) mass is 411 g/mol. The molecule has 0 saturated heterocycles. The van der Waals surface area contributed by atoms with Crippen molar-refractivity contribution in [3.63, 3.8) is 0 Å². The molecule has 1 atom stereocenters. The number of alkyl halides is 3. The molecule has 4 rings (SSSR count). The second-order valence-corrected chi connectivity index (χ2v) is 6.52. The Morgan fingerprint density at radius 3 is 2.50 bits per heavy atom. The maximum absolute atomic E-state index is 12.8. The van der Waals surface area contributed by atoms with Gasteiger partial charge in [-0.3, -0.25) is 9.59 Å². The highest BCUT2D eigenvalue weighted by Crippen LogP contribution is 2.43. The van der Waals surface area contributed by atoms with Gasteiger partial charge in [0.2, 0.25) is 0 Å². The number of hydrogen-bond acceptors (Lipinski definition) is 4. The Morgan fingerprint density at radius 2 is 1.80 bits per heavy atom. The Bertz CT molecular complexity index is 1260. The predicted octanol–water partition coefficient (Wildman–Crippen LogP) is 3.89. The molecule has 2 N–H and O–H groups in total. The van der Waals surface area contributed by atoms with Gasteiger partial charge in [-0.15, -0.1) is 0 Å². The van der Waals surface area contributed by atoms with Crippen LogP contribution in [-0.2, 0) is 6.18 Å². The molecule has 1 aliphatic rings. The van der Waals surface area contributed by atoms with Crippen molar-refractivity contribution in [1.82, 2.24) is 10.3 Å². The molecule has 1 unspecified atom stereocenters. The zero-order valence-electron chi connectivity index (χ0n) is 15.1. The number of aromatic nitrogens is 1. The third-order valence-electron chi connectivity index (χ3n) is 4.63. The standard InChI is InChI=1S/C21H12F3N3O3/c22-21(23,24)17-8-6-13(19(28)26-17)20(29)27-18-12-3-1-2-4-15(12)30-16-7-5-11(10-25)9-14(16)18/h1-9,18H,(H,26,28)(H,27,29). The maximum atomic E-state index is 12.8. The normalized spacial score (nSPS) is 14.7. The highest BCUT2D eigenvalue weighted by molar-refractivity contribution is 5.94. The molecule has 0 radical (unpaired) electrons. The quantitative estimate of drug-likeness (QED) is 0.669. The Balaban J connectivity index is 1.74. The number of nitriles is 1. The minimum Gasteiger partial charge on any atom is -0.457 e. The number of aromatic amines is 1. The van der Waals surface area contributed by atoms with Crippen LogP contribution in [-0.4, -0.2) is 10.9 Å². The molecule has 1 amide bonds. The van der Waals surface area contributed by atoms with Gasteiger partial charge in [0.25, 0.3) is 11.5 Å². The van der Waals surface area contributed by atoms with Crippen LogP contribution in [0.1, 0.15) is 38.8 Å². The van der Waals surface area contributed by atoms with Gasteiger partial charge in [-0.05, 0) is 36.4 Å². The summed E-state index contributed by atoms with van der Waals surface area (Å²) in [7, 11) is 0. The fourth-order valence-electron chi connectivity index (χ4n) is 3.22. The van der Waals surface area contributed by atoms with E-state index >= 15 is 0 Å². The van der Waals surface area contributed by atoms with E-state index in [2.05, 4.69) is 5.32 Å². The van der Waals surface area contributed by atoms with Crippen LogP contribution in [0.15, 0.2) is 59.4 Å². The second kappa shape index (κ2) is 7.08. The van der Waals surface area contributed by atoms with Crippen molar-refractivity contribution in [2.75, 3.05) is 0 Å². The van der Waals surface area contributed by atoms with Gasteiger partial charge in [0.15, 0.2) is 0 Å². The molecular weight excluding hydrogens is 399 g/mol. The summed E-state index contributed by atoms with van der Waals surface area (Å²) in [6.45, 7) is 0. The number of nitrogens with zero attached hydrogens (tertiary/aromatic N) is 1. The van der Waals surface area contributed by atoms with Crippen LogP contribution in [0.4, 0.5) is 13.2 Å². The van der Waals surface area contributed by atoms with E-state index in [1.54, 1.807) is 47.4 Å². The van der Waals surface area contributed by atoms with Crippen molar-refractivity contribution in [3.8, 4) is 17.6 Å². The third-order valence-corrected chi connectivity index (χ3v) is 4.63. The number of carbonyl (C=O) groups is 1. The van der Waals surface area contributed by atoms with Crippen molar-refractivity contribution in [2.24, 2.45) is 0 Å². The van der Waals surface area contributed by atoms with Gasteiger partial charge in [0.1, 0.15) is 22.8 Å². The number of amides is 1. The molecule has 3 aromatic rings. The molecule has 0 saturated carbocycles. The number of fused-ring (bicyclic) bond motifs is 2. The number of ether oxygens (including phenoxy) is 1. The number of para-hydroxylation sites is 1. The van der Waals surface area contributed by atoms with Crippen LogP contribution >= 0.6 is 0 Å². The Labute approximate surface area is 167 Å². The minimum atomic E-state index is -4.74. The van der Waals surface area contributed by atoms with E-state index in [1.165, 1.54) is 0 Å². The van der Waals surface area contributed by atoms with Crippen LogP contribution in [0.5, 0.6) is 11.5 Å². The molecule has 30 heavy (non-hydrogen) atoms. The number of rotatable bonds is 2. The summed E-state index contributed by atoms with van der Waals surface area (Å²) in [6, 6.07) is 14.3. The number of carbonyl (C=O) groups excluding carboxylic acids is 1. The van der Waals surface area contributed by atoms with Crippen LogP contribution in [0.2, 0.25) is 0 Å². The third kappa shape index (κ3) is 3.39. The van der Waals surface area contributed by atoms with Gasteiger partial charge < -0.3 is 15.0 Å². The maximum Gasteiger partial charge on any atom is 0.431 e. The number of H-pyrrole nitrogens is 1. The lowest BCUT2D eigenvalue weighted by atomic mass is 9.93. The van der Waals surface area contributed by atoms with Gasteiger partial charge in [0.05, 0.1) is 17.7 Å². The van der Waals surface area contributed by atoms with Crippen molar-refractivity contribution >= 4 is 5.91 Å². The Morgan fingerprint density at radius 1 is 1.07 bits per heavy atom. The number of benzene rings is 2. The van der Waals surface area contributed by atoms with Gasteiger partial charge >= 0.3 is 6.18 Å². The minimum absolute atomic E-state index is 0.336. The number of halogens is 3. The van der Waals surface area contributed by atoms with Crippen molar-refractivity contribution in [1.29, 1.82) is 5.26 Å². The highest BCUT2D eigenvalue weighted by Gasteiger charge is 2.33. The summed E-state index contributed by atoms with van der Waals surface area (Å²) >= 11 is 0. The molecule has 2 aromatic carbocycles. The molecule has 0 fully saturated rings. The molecule has 0 spiro atoms. The van der Waals surface area contributed by atoms with E-state index in [0.29, 0.717) is 34.3 Å². The zero-order valence-corrected chi connectivity index (χ0v) is 15.1. The smallest absolute Gasteiger partial charge is 0.431 e. The average Bonchev–Trinajstić information content (AvgIpc) is 2.72. The first-order valence-corrected chi connectivity index (χ1v) is 8.70. The summed E-state index contributed by atoms with van der Waals surface area (Å²) in [6.07, 6.45) is -4.74. The zero-order chi connectivity index (χ0) is 21.5. The SMILES string of the molecule is N#Cc1ccc2c(c1)C(NC(=O)c1ccc(C(F)(F)F)[nH]c1=O)c1ccccc1O2. The van der Waals surface area contributed by atoms with Crippen molar-refractivity contribution in [3.05, 3.63) is 92.9 Å². The molecular formula is C21H12F3N3O3. The number of hydrogen-bond donors (Lipinski definition) is 2. The average molecular weight is 411 g/mol.